The van der Waals surface area contributed by atoms with Gasteiger partial charge in [-0.3, -0.25) is 9.59 Å². The Morgan fingerprint density at radius 1 is 0.680 bits per heavy atom. The van der Waals surface area contributed by atoms with Gasteiger partial charge in [0.2, 0.25) is 0 Å². The zero-order chi connectivity index (χ0) is 33.1. The molecule has 2 aliphatic rings. The number of hydrogen-bond acceptors (Lipinski definition) is 6. The van der Waals surface area contributed by atoms with Crippen LogP contribution in [0.2, 0.25) is 10.0 Å². The van der Waals surface area contributed by atoms with Gasteiger partial charge in [0.25, 0.3) is 11.1 Å². The molecule has 8 rings (SSSR count). The van der Waals surface area contributed by atoms with E-state index in [1.165, 1.54) is 0 Å². The van der Waals surface area contributed by atoms with Gasteiger partial charge in [0, 0.05) is 71.2 Å². The first-order chi connectivity index (χ1) is 23.3. The van der Waals surface area contributed by atoms with Gasteiger partial charge in [0.15, 0.2) is 0 Å². The van der Waals surface area contributed by atoms with Gasteiger partial charge in [-0.15, -0.1) is 24.8 Å². The fourth-order valence-corrected chi connectivity index (χ4v) is 7.90. The topological polar surface area (TPSA) is 103 Å². The van der Waals surface area contributed by atoms with Gasteiger partial charge in [-0.2, -0.15) is 10.2 Å². The third kappa shape index (κ3) is 6.38. The van der Waals surface area contributed by atoms with Crippen LogP contribution in [0.1, 0.15) is 37.1 Å². The minimum Gasteiger partial charge on any atom is -0.312 e. The van der Waals surface area contributed by atoms with E-state index in [-0.39, 0.29) is 35.9 Å². The molecule has 2 aromatic carbocycles. The minimum absolute atomic E-state index is 0. The molecule has 10 nitrogen and oxygen atoms in total. The monoisotopic (exact) mass is 754 g/mol. The van der Waals surface area contributed by atoms with E-state index in [9.17, 15) is 9.59 Å². The van der Waals surface area contributed by atoms with Crippen LogP contribution >= 0.6 is 48.0 Å². The van der Waals surface area contributed by atoms with Crippen molar-refractivity contribution in [3.63, 3.8) is 0 Å². The molecule has 262 valence electrons. The van der Waals surface area contributed by atoms with E-state index in [2.05, 4.69) is 10.6 Å². The lowest BCUT2D eigenvalue weighted by Gasteiger charge is -2.15. The molecule has 0 spiro atoms. The van der Waals surface area contributed by atoms with Crippen LogP contribution in [0.25, 0.3) is 44.7 Å². The Labute approximate surface area is 311 Å². The van der Waals surface area contributed by atoms with Crippen LogP contribution in [-0.4, -0.2) is 53.5 Å². The van der Waals surface area contributed by atoms with E-state index in [1.54, 1.807) is 21.2 Å². The number of nitrogens with zero attached hydrogens (tertiary/aromatic N) is 6. The fourth-order valence-electron chi connectivity index (χ4n) is 7.25. The van der Waals surface area contributed by atoms with Gasteiger partial charge in [0.1, 0.15) is 11.0 Å². The van der Waals surface area contributed by atoms with Crippen LogP contribution in [0.3, 0.4) is 0 Å². The van der Waals surface area contributed by atoms with Crippen molar-refractivity contribution < 1.29 is 0 Å². The molecule has 2 N–H and O–H groups in total. The van der Waals surface area contributed by atoms with Crippen molar-refractivity contribution in [1.82, 2.24) is 39.0 Å². The second-order valence-electron chi connectivity index (χ2n) is 13.0. The molecule has 0 bridgehead atoms. The van der Waals surface area contributed by atoms with Crippen LogP contribution in [0.5, 0.6) is 0 Å². The number of fused-ring (bicyclic) bond motifs is 2. The number of hydrogen-bond donors (Lipinski definition) is 2. The molecule has 2 fully saturated rings. The third-order valence-electron chi connectivity index (χ3n) is 9.84. The largest absolute Gasteiger partial charge is 0.312 e. The fraction of sp³-hybridized carbons (Fsp3) is 0.333. The minimum atomic E-state index is -0.0740. The summed E-state index contributed by atoms with van der Waals surface area (Å²) in [6.07, 6.45) is 8.15. The summed E-state index contributed by atoms with van der Waals surface area (Å²) in [7, 11) is 0. The Balaban J connectivity index is 0.00000216. The highest BCUT2D eigenvalue weighted by atomic mass is 35.5. The smallest absolute Gasteiger partial charge is 0.276 e. The van der Waals surface area contributed by atoms with Crippen molar-refractivity contribution in [3.8, 4) is 33.6 Å². The van der Waals surface area contributed by atoms with Crippen LogP contribution in [0.15, 0.2) is 70.5 Å². The number of rotatable bonds is 7. The van der Waals surface area contributed by atoms with E-state index in [1.807, 2.05) is 71.8 Å². The Hall–Kier alpha value is -3.64. The third-order valence-corrected chi connectivity index (χ3v) is 10.7. The maximum Gasteiger partial charge on any atom is 0.276 e. The molecular formula is C36H38Cl4N8O2. The predicted octanol–water partition coefficient (Wildman–Crippen LogP) is 6.58. The van der Waals surface area contributed by atoms with E-state index in [4.69, 9.17) is 33.4 Å². The van der Waals surface area contributed by atoms with Crippen molar-refractivity contribution >= 4 is 59.0 Å². The Morgan fingerprint density at radius 2 is 1.08 bits per heavy atom. The molecule has 0 radical (unpaired) electrons. The van der Waals surface area contributed by atoms with Crippen LogP contribution in [0.4, 0.5) is 0 Å². The first kappa shape index (κ1) is 36.2. The van der Waals surface area contributed by atoms with Crippen LogP contribution in [0, 0.1) is 13.8 Å². The summed E-state index contributed by atoms with van der Waals surface area (Å²) in [5.74, 6) is 0. The van der Waals surface area contributed by atoms with Gasteiger partial charge in [-0.1, -0.05) is 59.6 Å². The first-order valence-electron chi connectivity index (χ1n) is 16.5. The molecule has 4 aromatic heterocycles. The molecule has 6 aromatic rings. The van der Waals surface area contributed by atoms with E-state index < -0.39 is 0 Å². The van der Waals surface area contributed by atoms with Crippen molar-refractivity contribution in [2.45, 2.75) is 64.7 Å². The highest BCUT2D eigenvalue weighted by Gasteiger charge is 2.22. The normalized spacial score (nSPS) is 17.4. The number of aromatic nitrogens is 6. The number of benzene rings is 2. The van der Waals surface area contributed by atoms with Gasteiger partial charge < -0.3 is 19.8 Å². The van der Waals surface area contributed by atoms with Gasteiger partial charge in [-0.05, 0) is 64.8 Å². The van der Waals surface area contributed by atoms with Gasteiger partial charge in [-0.25, -0.2) is 9.03 Å². The molecule has 0 saturated carbocycles. The summed E-state index contributed by atoms with van der Waals surface area (Å²) in [6, 6.07) is 15.6. The summed E-state index contributed by atoms with van der Waals surface area (Å²) >= 11 is 14.2. The Bertz CT molecular complexity index is 2170. The number of nitrogens with one attached hydrogen (secondary N) is 2. The summed E-state index contributed by atoms with van der Waals surface area (Å²) in [4.78, 5) is 27.1. The molecular weight excluding hydrogens is 718 g/mol. The average Bonchev–Trinajstić information content (AvgIpc) is 3.90. The molecule has 0 unspecified atom stereocenters. The molecule has 2 aliphatic heterocycles. The number of aryl methyl sites for hydroxylation is 2. The SMILES string of the molecule is Cc1cn2nc(-c3cccc(-c4cccc(-c5cc6c(=O)n(C[C@H]7CCCN7)c(C)cn6n5)c4Cl)c3Cl)cc2c(=O)n1C[C@H]1CCCN1.Cl.Cl. The van der Waals surface area contributed by atoms with Crippen molar-refractivity contribution in [3.05, 3.63) is 103 Å². The summed E-state index contributed by atoms with van der Waals surface area (Å²) < 4.78 is 6.95. The maximum atomic E-state index is 13.6. The molecule has 50 heavy (non-hydrogen) atoms. The molecule has 0 amide bonds. The standard InChI is InChI=1S/C36H36Cl2N8O2.2ClH/c1-21-17-45-31(35(47)43(21)19-23-7-5-13-39-23)15-29(41-45)27-11-3-9-25(33(27)37)26-10-4-12-28(34(26)38)30-16-32-36(48)44(20-24-8-6-14-40-24)22(2)18-46(32)42-30;;/h3-4,9-12,15-18,23-24,39-40H,5-8,13-14,19-20H2,1-2H3;2*1H/t23-,24-;;/m1../s1. The quantitative estimate of drug-likeness (QED) is 0.191. The lowest BCUT2D eigenvalue weighted by atomic mass is 9.98. The summed E-state index contributed by atoms with van der Waals surface area (Å²) in [6.45, 7) is 7.11. The van der Waals surface area contributed by atoms with Crippen molar-refractivity contribution in [1.29, 1.82) is 0 Å². The lowest BCUT2D eigenvalue weighted by molar-refractivity contribution is 0.491. The second-order valence-corrected chi connectivity index (χ2v) is 13.8. The zero-order valence-electron chi connectivity index (χ0n) is 27.7. The molecule has 2 saturated heterocycles. The average molecular weight is 757 g/mol. The molecule has 14 heteroatoms. The summed E-state index contributed by atoms with van der Waals surface area (Å²) in [5.41, 5.74) is 6.59. The van der Waals surface area contributed by atoms with Crippen LogP contribution < -0.4 is 21.8 Å². The first-order valence-corrected chi connectivity index (χ1v) is 17.3. The van der Waals surface area contributed by atoms with E-state index in [0.29, 0.717) is 68.8 Å². The maximum absolute atomic E-state index is 13.6. The van der Waals surface area contributed by atoms with Gasteiger partial charge >= 0.3 is 0 Å². The van der Waals surface area contributed by atoms with Crippen molar-refractivity contribution in [2.24, 2.45) is 0 Å². The highest BCUT2D eigenvalue weighted by Crippen LogP contribution is 2.42. The molecule has 0 aliphatic carbocycles. The predicted molar refractivity (Wildman–Crippen MR) is 205 cm³/mol. The zero-order valence-corrected chi connectivity index (χ0v) is 30.8. The summed E-state index contributed by atoms with van der Waals surface area (Å²) in [5, 5.41) is 17.4. The second kappa shape index (κ2) is 14.5. The Morgan fingerprint density at radius 3 is 1.46 bits per heavy atom. The van der Waals surface area contributed by atoms with Crippen molar-refractivity contribution in [2.75, 3.05) is 13.1 Å². The lowest BCUT2D eigenvalue weighted by Crippen LogP contribution is -2.34. The Kier molecular flexibility index (Phi) is 10.5. The molecule has 2 atom stereocenters. The van der Waals surface area contributed by atoms with Crippen LogP contribution in [-0.2, 0) is 13.1 Å². The molecule has 6 heterocycles. The number of halogens is 4. The van der Waals surface area contributed by atoms with E-state index >= 15 is 0 Å². The van der Waals surface area contributed by atoms with E-state index in [0.717, 1.165) is 61.3 Å². The van der Waals surface area contributed by atoms with Gasteiger partial charge in [0.05, 0.1) is 21.4 Å². The highest BCUT2D eigenvalue weighted by molar-refractivity contribution is 6.39.